The van der Waals surface area contributed by atoms with Crippen LogP contribution in [0.3, 0.4) is 0 Å². The van der Waals surface area contributed by atoms with E-state index in [9.17, 15) is 9.59 Å². The van der Waals surface area contributed by atoms with Crippen molar-refractivity contribution in [2.75, 3.05) is 59.7 Å². The van der Waals surface area contributed by atoms with Crippen molar-refractivity contribution in [2.45, 2.75) is 19.3 Å². The first kappa shape index (κ1) is 36.0. The summed E-state index contributed by atoms with van der Waals surface area (Å²) in [6.45, 7) is 5.40. The van der Waals surface area contributed by atoms with Crippen molar-refractivity contribution in [2.24, 2.45) is 0 Å². The maximum absolute atomic E-state index is 13.6. The molecule has 0 bridgehead atoms. The lowest BCUT2D eigenvalue weighted by atomic mass is 10.0. The molecule has 0 spiro atoms. The van der Waals surface area contributed by atoms with Crippen LogP contribution in [-0.4, -0.2) is 90.8 Å². The average molecular weight is 732 g/mol. The number of benzene rings is 3. The molecule has 0 aromatic heterocycles. The Labute approximate surface area is 299 Å². The first-order chi connectivity index (χ1) is 23.2. The number of carbonyl (C=O) groups excluding carboxylic acids is 1. The lowest BCUT2D eigenvalue weighted by molar-refractivity contribution is -0.136. The number of carbonyl (C=O) groups is 2. The summed E-state index contributed by atoms with van der Waals surface area (Å²) in [6.07, 6.45) is 3.04. The van der Waals surface area contributed by atoms with Gasteiger partial charge in [0.25, 0.3) is 5.91 Å². The van der Waals surface area contributed by atoms with E-state index in [1.165, 1.54) is 18.9 Å². The van der Waals surface area contributed by atoms with Gasteiger partial charge >= 0.3 is 5.97 Å². The van der Waals surface area contributed by atoms with Gasteiger partial charge in [0.15, 0.2) is 11.5 Å². The summed E-state index contributed by atoms with van der Waals surface area (Å²) < 4.78 is 23.4. The van der Waals surface area contributed by atoms with Gasteiger partial charge in [0.2, 0.25) is 0 Å². The highest BCUT2D eigenvalue weighted by Crippen LogP contribution is 2.38. The number of halogens is 2. The second kappa shape index (κ2) is 17.4. The molecule has 5 rings (SSSR count). The zero-order valence-electron chi connectivity index (χ0n) is 26.4. The number of morpholine rings is 1. The van der Waals surface area contributed by atoms with Crippen LogP contribution in [0.15, 0.2) is 59.5 Å². The molecule has 0 radical (unpaired) electrons. The minimum Gasteiger partial charge on any atom is -0.493 e. The number of thiocarbonyl (C=S) groups is 1. The van der Waals surface area contributed by atoms with Crippen molar-refractivity contribution in [3.8, 4) is 28.4 Å². The van der Waals surface area contributed by atoms with E-state index in [4.69, 9.17) is 59.5 Å². The topological polar surface area (TPSA) is 97.8 Å². The molecule has 2 fully saturated rings. The standard InChI is InChI=1S/C35H36Cl2N2O7S2/c1-43-30-8-4-23(19-33(40)41)18-31(30)46-15-3-11-39-34(42)32(48-35(39)47)21-25-20-24(27-7-6-26(36)22-28(27)37)5-9-29(25)45-14-2-10-38-12-16-44-17-13-38/h4-9,18,20-22H,2-3,10-17,19H2,1H3,(H,40,41)/b32-21-. The number of hydrogen-bond acceptors (Lipinski definition) is 9. The first-order valence-corrected chi connectivity index (χ1v) is 17.5. The van der Waals surface area contributed by atoms with Crippen LogP contribution in [0.25, 0.3) is 17.2 Å². The Balaban J connectivity index is 1.27. The summed E-state index contributed by atoms with van der Waals surface area (Å²) >= 11 is 19.5. The fourth-order valence-corrected chi connectivity index (χ4v) is 7.15. The number of rotatable bonds is 15. The van der Waals surface area contributed by atoms with Crippen LogP contribution >= 0.6 is 47.2 Å². The lowest BCUT2D eigenvalue weighted by Crippen LogP contribution is -2.37. The zero-order valence-corrected chi connectivity index (χ0v) is 29.6. The maximum atomic E-state index is 13.6. The van der Waals surface area contributed by atoms with Gasteiger partial charge in [-0.25, -0.2) is 0 Å². The summed E-state index contributed by atoms with van der Waals surface area (Å²) in [7, 11) is 1.52. The van der Waals surface area contributed by atoms with Crippen molar-refractivity contribution >= 4 is 69.5 Å². The van der Waals surface area contributed by atoms with Gasteiger partial charge in [0.05, 0.1) is 44.9 Å². The SMILES string of the molecule is COc1ccc(CC(=O)O)cc1OCCCN1C(=O)/C(=C/c2cc(-c3ccc(Cl)cc3Cl)ccc2OCCCN2CCOCC2)SC1=S. The second-order valence-electron chi connectivity index (χ2n) is 11.1. The van der Waals surface area contributed by atoms with Gasteiger partial charge in [-0.15, -0.1) is 0 Å². The first-order valence-electron chi connectivity index (χ1n) is 15.5. The van der Waals surface area contributed by atoms with Crippen LogP contribution in [0.1, 0.15) is 24.0 Å². The third-order valence-corrected chi connectivity index (χ3v) is 9.68. The Morgan fingerprint density at radius 2 is 1.71 bits per heavy atom. The van der Waals surface area contributed by atoms with Gasteiger partial charge in [-0.1, -0.05) is 65.4 Å². The van der Waals surface area contributed by atoms with E-state index >= 15 is 0 Å². The third kappa shape index (κ3) is 9.64. The van der Waals surface area contributed by atoms with Crippen molar-refractivity contribution < 1.29 is 33.6 Å². The maximum Gasteiger partial charge on any atom is 0.307 e. The largest absolute Gasteiger partial charge is 0.493 e. The predicted octanol–water partition coefficient (Wildman–Crippen LogP) is 7.07. The highest BCUT2D eigenvalue weighted by atomic mass is 35.5. The van der Waals surface area contributed by atoms with Crippen LogP contribution in [0.5, 0.6) is 17.2 Å². The highest BCUT2D eigenvalue weighted by Gasteiger charge is 2.32. The summed E-state index contributed by atoms with van der Waals surface area (Å²) in [6, 6.07) is 16.2. The number of carboxylic acid groups (broad SMARTS) is 1. The molecule has 48 heavy (non-hydrogen) atoms. The summed E-state index contributed by atoms with van der Waals surface area (Å²) in [5.74, 6) is 0.470. The molecular weight excluding hydrogens is 695 g/mol. The molecule has 254 valence electrons. The molecule has 0 unspecified atom stereocenters. The minimum absolute atomic E-state index is 0.125. The molecule has 1 amide bonds. The van der Waals surface area contributed by atoms with E-state index in [-0.39, 0.29) is 18.9 Å². The van der Waals surface area contributed by atoms with Crippen LogP contribution in [0.4, 0.5) is 0 Å². The smallest absolute Gasteiger partial charge is 0.307 e. The van der Waals surface area contributed by atoms with E-state index in [0.717, 1.165) is 56.0 Å². The number of hydrogen-bond donors (Lipinski definition) is 1. The number of thioether (sulfide) groups is 1. The van der Waals surface area contributed by atoms with Gasteiger partial charge < -0.3 is 24.1 Å². The Bertz CT molecular complexity index is 1680. The molecular formula is C35H36Cl2N2O7S2. The number of methoxy groups -OCH3 is 1. The summed E-state index contributed by atoms with van der Waals surface area (Å²) in [5, 5.41) is 10.2. The predicted molar refractivity (Wildman–Crippen MR) is 194 cm³/mol. The van der Waals surface area contributed by atoms with Crippen molar-refractivity contribution in [3.63, 3.8) is 0 Å². The van der Waals surface area contributed by atoms with Gasteiger partial charge in [-0.2, -0.15) is 0 Å². The lowest BCUT2D eigenvalue weighted by Gasteiger charge is -2.26. The number of carboxylic acids is 1. The van der Waals surface area contributed by atoms with E-state index in [2.05, 4.69) is 4.90 Å². The molecule has 9 nitrogen and oxygen atoms in total. The van der Waals surface area contributed by atoms with E-state index < -0.39 is 5.97 Å². The van der Waals surface area contributed by atoms with Crippen LogP contribution < -0.4 is 14.2 Å². The van der Waals surface area contributed by atoms with E-state index in [1.807, 2.05) is 30.3 Å². The highest BCUT2D eigenvalue weighted by molar-refractivity contribution is 8.26. The fraction of sp³-hybridized carbons (Fsp3) is 0.343. The monoisotopic (exact) mass is 730 g/mol. The summed E-state index contributed by atoms with van der Waals surface area (Å²) in [4.78, 5) is 29.1. The number of aliphatic carboxylic acids is 1. The Morgan fingerprint density at radius 3 is 2.44 bits per heavy atom. The Hall–Kier alpha value is -3.32. The second-order valence-corrected chi connectivity index (χ2v) is 13.6. The van der Waals surface area contributed by atoms with E-state index in [0.29, 0.717) is 61.7 Å². The number of ether oxygens (including phenoxy) is 4. The van der Waals surface area contributed by atoms with Gasteiger partial charge in [0.1, 0.15) is 10.1 Å². The molecule has 2 saturated heterocycles. The normalized spacial score (nSPS) is 16.1. The molecule has 3 aromatic carbocycles. The van der Waals surface area contributed by atoms with Crippen LogP contribution in [0.2, 0.25) is 10.0 Å². The Kier molecular flexibility index (Phi) is 13.0. The van der Waals surface area contributed by atoms with Crippen molar-refractivity contribution in [1.82, 2.24) is 9.80 Å². The summed E-state index contributed by atoms with van der Waals surface area (Å²) in [5.41, 5.74) is 3.01. The van der Waals surface area contributed by atoms with Crippen LogP contribution in [0, 0.1) is 0 Å². The molecule has 3 aromatic rings. The quantitative estimate of drug-likeness (QED) is 0.0994. The molecule has 0 atom stereocenters. The average Bonchev–Trinajstić information content (AvgIpc) is 3.33. The number of nitrogens with zero attached hydrogens (tertiary/aromatic N) is 2. The molecule has 0 aliphatic carbocycles. The molecule has 13 heteroatoms. The number of amides is 1. The molecule has 2 aliphatic heterocycles. The molecule has 2 aliphatic rings. The fourth-order valence-electron chi connectivity index (χ4n) is 5.34. The molecule has 2 heterocycles. The molecule has 0 saturated carbocycles. The molecule has 1 N–H and O–H groups in total. The van der Waals surface area contributed by atoms with Crippen molar-refractivity contribution in [1.29, 1.82) is 0 Å². The van der Waals surface area contributed by atoms with Crippen LogP contribution in [-0.2, 0) is 20.7 Å². The van der Waals surface area contributed by atoms with Gasteiger partial charge in [0, 0.05) is 47.4 Å². The van der Waals surface area contributed by atoms with Gasteiger partial charge in [-0.3, -0.25) is 19.4 Å². The Morgan fingerprint density at radius 1 is 0.979 bits per heavy atom. The minimum atomic E-state index is -0.934. The van der Waals surface area contributed by atoms with Gasteiger partial charge in [-0.05, 0) is 66.4 Å². The van der Waals surface area contributed by atoms with E-state index in [1.54, 1.807) is 35.2 Å². The zero-order chi connectivity index (χ0) is 34.0. The van der Waals surface area contributed by atoms with Crippen molar-refractivity contribution in [3.05, 3.63) is 80.7 Å². The third-order valence-electron chi connectivity index (χ3n) is 7.76.